The number of benzene rings is 2. The summed E-state index contributed by atoms with van der Waals surface area (Å²) in [4.78, 5) is 23.1. The summed E-state index contributed by atoms with van der Waals surface area (Å²) in [6.45, 7) is 3.78. The zero-order valence-electron chi connectivity index (χ0n) is 16.7. The number of anilines is 1. The first kappa shape index (κ1) is 20.8. The quantitative estimate of drug-likeness (QED) is 0.466. The lowest BCUT2D eigenvalue weighted by atomic mass is 10.1. The van der Waals surface area contributed by atoms with Crippen molar-refractivity contribution in [3.8, 4) is 0 Å². The van der Waals surface area contributed by atoms with Crippen molar-refractivity contribution in [2.45, 2.75) is 24.7 Å². The average Bonchev–Trinajstić information content (AvgIpc) is 3.14. The zero-order chi connectivity index (χ0) is 19.9. The maximum absolute atomic E-state index is 13.1. The zero-order valence-corrected chi connectivity index (χ0v) is 18.4. The predicted molar refractivity (Wildman–Crippen MR) is 122 cm³/mol. The molecule has 3 rings (SSSR count). The Bertz CT molecular complexity index is 909. The Balaban J connectivity index is 1.80. The third-order valence-corrected chi connectivity index (χ3v) is 6.54. The van der Waals surface area contributed by atoms with E-state index in [1.54, 1.807) is 23.1 Å². The molecule has 6 heteroatoms. The third kappa shape index (κ3) is 5.34. The third-order valence-electron chi connectivity index (χ3n) is 4.50. The van der Waals surface area contributed by atoms with Crippen LogP contribution >= 0.6 is 23.1 Å². The van der Waals surface area contributed by atoms with Gasteiger partial charge >= 0.3 is 0 Å². The van der Waals surface area contributed by atoms with E-state index < -0.39 is 0 Å². The van der Waals surface area contributed by atoms with Gasteiger partial charge in [0, 0.05) is 11.4 Å². The molecule has 148 valence electrons. The smallest absolute Gasteiger partial charge is 0.239 e. The van der Waals surface area contributed by atoms with Crippen molar-refractivity contribution >= 4 is 44.4 Å². The number of nitrogens with zero attached hydrogens (tertiary/aromatic N) is 3. The number of carbonyl (C=O) groups excluding carboxylic acids is 1. The minimum Gasteiger partial charge on any atom is -0.309 e. The topological polar surface area (TPSA) is 36.4 Å². The van der Waals surface area contributed by atoms with Gasteiger partial charge in [0.05, 0.1) is 16.0 Å². The number of carbonyl (C=O) groups is 1. The van der Waals surface area contributed by atoms with Gasteiger partial charge in [-0.2, -0.15) is 0 Å². The highest BCUT2D eigenvalue weighted by Crippen LogP contribution is 2.32. The molecule has 0 aliphatic rings. The Labute approximate surface area is 175 Å². The molecule has 0 aliphatic carbocycles. The Kier molecular flexibility index (Phi) is 7.48. The molecule has 0 N–H and O–H groups in total. The molecule has 2 aromatic carbocycles. The SMILES string of the molecule is CCc1cccc2sc(N(CCCN(C)C)C(=O)CSc3ccccc3)nc12. The number of hydrogen-bond donors (Lipinski definition) is 0. The first-order valence-corrected chi connectivity index (χ1v) is 11.4. The second kappa shape index (κ2) is 10.0. The van der Waals surface area contributed by atoms with Gasteiger partial charge in [-0.3, -0.25) is 9.69 Å². The van der Waals surface area contributed by atoms with Crippen LogP contribution in [0.4, 0.5) is 5.13 Å². The van der Waals surface area contributed by atoms with Gasteiger partial charge in [-0.05, 0) is 57.2 Å². The van der Waals surface area contributed by atoms with Crippen molar-refractivity contribution in [3.63, 3.8) is 0 Å². The second-order valence-corrected chi connectivity index (χ2v) is 8.98. The second-order valence-electron chi connectivity index (χ2n) is 6.92. The van der Waals surface area contributed by atoms with Crippen molar-refractivity contribution in [3.05, 3.63) is 54.1 Å². The van der Waals surface area contributed by atoms with Crippen molar-refractivity contribution in [2.75, 3.05) is 37.8 Å². The lowest BCUT2D eigenvalue weighted by Gasteiger charge is -2.21. The number of rotatable bonds is 9. The summed E-state index contributed by atoms with van der Waals surface area (Å²) in [6, 6.07) is 16.4. The van der Waals surface area contributed by atoms with Crippen LogP contribution in [-0.4, -0.2) is 48.7 Å². The fourth-order valence-electron chi connectivity index (χ4n) is 3.01. The minimum atomic E-state index is 0.115. The molecule has 0 fully saturated rings. The largest absolute Gasteiger partial charge is 0.309 e. The number of hydrogen-bond acceptors (Lipinski definition) is 5. The normalized spacial score (nSPS) is 11.3. The summed E-state index contributed by atoms with van der Waals surface area (Å²) in [5.74, 6) is 0.535. The van der Waals surface area contributed by atoms with Crippen molar-refractivity contribution < 1.29 is 4.79 Å². The van der Waals surface area contributed by atoms with Crippen molar-refractivity contribution in [1.82, 2.24) is 9.88 Å². The van der Waals surface area contributed by atoms with Gasteiger partial charge in [-0.25, -0.2) is 4.98 Å². The van der Waals surface area contributed by atoms with Crippen LogP contribution in [0.2, 0.25) is 0 Å². The molecule has 0 aliphatic heterocycles. The molecule has 0 bridgehead atoms. The molecule has 1 heterocycles. The van der Waals surface area contributed by atoms with Crippen LogP contribution < -0.4 is 4.90 Å². The van der Waals surface area contributed by atoms with E-state index in [2.05, 4.69) is 44.1 Å². The number of para-hydroxylation sites is 1. The summed E-state index contributed by atoms with van der Waals surface area (Å²) in [5.41, 5.74) is 2.27. The van der Waals surface area contributed by atoms with Gasteiger partial charge in [0.1, 0.15) is 0 Å². The van der Waals surface area contributed by atoms with E-state index in [1.165, 1.54) is 5.56 Å². The summed E-state index contributed by atoms with van der Waals surface area (Å²) >= 11 is 3.20. The van der Waals surface area contributed by atoms with Crippen molar-refractivity contribution in [1.29, 1.82) is 0 Å². The number of thioether (sulfide) groups is 1. The molecular formula is C22H27N3OS2. The van der Waals surface area contributed by atoms with E-state index >= 15 is 0 Å². The molecule has 0 saturated heterocycles. The molecule has 0 spiro atoms. The molecule has 0 atom stereocenters. The molecule has 4 nitrogen and oxygen atoms in total. The molecule has 28 heavy (non-hydrogen) atoms. The predicted octanol–water partition coefficient (Wildman–Crippen LogP) is 4.94. The molecule has 1 aromatic heterocycles. The summed E-state index contributed by atoms with van der Waals surface area (Å²) < 4.78 is 1.15. The highest BCUT2D eigenvalue weighted by Gasteiger charge is 2.20. The number of amides is 1. The molecule has 0 unspecified atom stereocenters. The molecule has 0 saturated carbocycles. The van der Waals surface area contributed by atoms with Crippen LogP contribution in [-0.2, 0) is 11.2 Å². The molecule has 1 amide bonds. The van der Waals surface area contributed by atoms with Gasteiger partial charge in [-0.15, -0.1) is 11.8 Å². The average molecular weight is 414 g/mol. The summed E-state index contributed by atoms with van der Waals surface area (Å²) in [7, 11) is 4.12. The van der Waals surface area contributed by atoms with Gasteiger partial charge < -0.3 is 4.90 Å². The van der Waals surface area contributed by atoms with Crippen LogP contribution in [0.5, 0.6) is 0 Å². The Morgan fingerprint density at radius 1 is 1.07 bits per heavy atom. The lowest BCUT2D eigenvalue weighted by Crippen LogP contribution is -2.34. The van der Waals surface area contributed by atoms with Crippen LogP contribution in [0.3, 0.4) is 0 Å². The van der Waals surface area contributed by atoms with Crippen molar-refractivity contribution in [2.24, 2.45) is 0 Å². The van der Waals surface area contributed by atoms with E-state index in [4.69, 9.17) is 4.98 Å². The van der Waals surface area contributed by atoms with Gasteiger partial charge in [0.15, 0.2) is 5.13 Å². The Morgan fingerprint density at radius 2 is 1.86 bits per heavy atom. The van der Waals surface area contributed by atoms with E-state index in [9.17, 15) is 4.79 Å². The Hall–Kier alpha value is -1.89. The lowest BCUT2D eigenvalue weighted by molar-refractivity contribution is -0.116. The van der Waals surface area contributed by atoms with Crippen LogP contribution in [0.25, 0.3) is 10.2 Å². The monoisotopic (exact) mass is 413 g/mol. The van der Waals surface area contributed by atoms with Crippen LogP contribution in [0.15, 0.2) is 53.4 Å². The highest BCUT2D eigenvalue weighted by molar-refractivity contribution is 8.00. The number of thiazole rings is 1. The summed E-state index contributed by atoms with van der Waals surface area (Å²) in [5, 5.41) is 0.813. The van der Waals surface area contributed by atoms with Crippen LogP contribution in [0, 0.1) is 0 Å². The van der Waals surface area contributed by atoms with Gasteiger partial charge in [0.2, 0.25) is 5.91 Å². The van der Waals surface area contributed by atoms with Crippen LogP contribution in [0.1, 0.15) is 18.9 Å². The van der Waals surface area contributed by atoms with E-state index in [0.717, 1.165) is 39.6 Å². The fraction of sp³-hybridized carbons (Fsp3) is 0.364. The van der Waals surface area contributed by atoms with E-state index in [-0.39, 0.29) is 5.91 Å². The van der Waals surface area contributed by atoms with E-state index in [1.807, 2.05) is 35.2 Å². The number of aromatic nitrogens is 1. The fourth-order valence-corrected chi connectivity index (χ4v) is 4.86. The van der Waals surface area contributed by atoms with Gasteiger partial charge in [0.25, 0.3) is 0 Å². The molecular weight excluding hydrogens is 386 g/mol. The molecule has 3 aromatic rings. The van der Waals surface area contributed by atoms with Gasteiger partial charge in [-0.1, -0.05) is 48.6 Å². The maximum Gasteiger partial charge on any atom is 0.239 e. The van der Waals surface area contributed by atoms with E-state index in [0.29, 0.717) is 12.3 Å². The highest BCUT2D eigenvalue weighted by atomic mass is 32.2. The standard InChI is InChI=1S/C22H27N3OS2/c1-4-17-10-8-13-19-21(17)23-22(28-19)25(15-9-14-24(2)3)20(26)16-27-18-11-6-5-7-12-18/h5-8,10-13H,4,9,14-16H2,1-3H3. The first-order chi connectivity index (χ1) is 13.6. The maximum atomic E-state index is 13.1. The number of aryl methyl sites for hydroxylation is 1. The Morgan fingerprint density at radius 3 is 2.57 bits per heavy atom. The first-order valence-electron chi connectivity index (χ1n) is 9.60. The minimum absolute atomic E-state index is 0.115. The molecule has 0 radical (unpaired) electrons. The number of fused-ring (bicyclic) bond motifs is 1. The summed E-state index contributed by atoms with van der Waals surface area (Å²) in [6.07, 6.45) is 1.87.